The zero-order chi connectivity index (χ0) is 11.8. The summed E-state index contributed by atoms with van der Waals surface area (Å²) in [5.41, 5.74) is 2.34. The molecule has 2 aliphatic rings. The lowest BCUT2D eigenvalue weighted by Crippen LogP contribution is -2.39. The molecule has 0 bridgehead atoms. The van der Waals surface area contributed by atoms with Crippen LogP contribution in [-0.2, 0) is 12.8 Å². The highest BCUT2D eigenvalue weighted by Crippen LogP contribution is 2.31. The molecule has 1 saturated heterocycles. The maximum atomic E-state index is 9.74. The highest BCUT2D eigenvalue weighted by atomic mass is 35.5. The Morgan fingerprint density at radius 2 is 2.12 bits per heavy atom. The van der Waals surface area contributed by atoms with Crippen molar-refractivity contribution in [3.8, 4) is 0 Å². The van der Waals surface area contributed by atoms with Gasteiger partial charge in [0.05, 0.1) is 11.8 Å². The molecule has 1 aliphatic heterocycles. The molecular weight excluding hydrogens is 238 g/mol. The van der Waals surface area contributed by atoms with Gasteiger partial charge in [-0.15, -0.1) is 0 Å². The van der Waals surface area contributed by atoms with E-state index in [0.717, 1.165) is 50.2 Å². The zero-order valence-corrected chi connectivity index (χ0v) is 10.4. The van der Waals surface area contributed by atoms with Crippen LogP contribution >= 0.6 is 11.6 Å². The molecule has 1 atom stereocenters. The normalized spacial score (nSPS) is 23.9. The maximum Gasteiger partial charge on any atom is 0.224 e. The SMILES string of the molecule is OC1CCCN(c2nc(Cl)nc3c2CCC3)C1. The van der Waals surface area contributed by atoms with Gasteiger partial charge in [-0.2, -0.15) is 0 Å². The molecule has 1 aromatic rings. The molecule has 0 aromatic carbocycles. The van der Waals surface area contributed by atoms with Crippen molar-refractivity contribution in [2.45, 2.75) is 38.2 Å². The van der Waals surface area contributed by atoms with Gasteiger partial charge >= 0.3 is 0 Å². The van der Waals surface area contributed by atoms with Gasteiger partial charge in [0.25, 0.3) is 0 Å². The minimum Gasteiger partial charge on any atom is -0.391 e. The van der Waals surface area contributed by atoms with E-state index in [9.17, 15) is 5.11 Å². The third kappa shape index (κ3) is 2.11. The monoisotopic (exact) mass is 253 g/mol. The Morgan fingerprint density at radius 3 is 2.94 bits per heavy atom. The van der Waals surface area contributed by atoms with Crippen molar-refractivity contribution in [2.75, 3.05) is 18.0 Å². The molecule has 2 heterocycles. The Morgan fingerprint density at radius 1 is 1.24 bits per heavy atom. The molecule has 4 nitrogen and oxygen atoms in total. The standard InChI is InChI=1S/C12H16ClN3O/c13-12-14-10-5-1-4-9(10)11(15-12)16-6-2-3-8(17)7-16/h8,17H,1-7H2. The number of anilines is 1. The van der Waals surface area contributed by atoms with Gasteiger partial charge in [0, 0.05) is 18.7 Å². The minimum absolute atomic E-state index is 0.241. The number of rotatable bonds is 1. The van der Waals surface area contributed by atoms with Gasteiger partial charge in [-0.25, -0.2) is 9.97 Å². The van der Waals surface area contributed by atoms with Crippen LogP contribution in [0.1, 0.15) is 30.5 Å². The van der Waals surface area contributed by atoms with E-state index in [1.807, 2.05) is 0 Å². The van der Waals surface area contributed by atoms with E-state index in [1.54, 1.807) is 0 Å². The van der Waals surface area contributed by atoms with Gasteiger partial charge in [-0.05, 0) is 43.7 Å². The average Bonchev–Trinajstić information content (AvgIpc) is 2.75. The molecule has 0 spiro atoms. The van der Waals surface area contributed by atoms with E-state index in [0.29, 0.717) is 11.8 Å². The molecule has 3 rings (SSSR count). The summed E-state index contributed by atoms with van der Waals surface area (Å²) in [4.78, 5) is 10.8. The van der Waals surface area contributed by atoms with Gasteiger partial charge in [0.15, 0.2) is 0 Å². The number of piperidine rings is 1. The molecule has 0 amide bonds. The van der Waals surface area contributed by atoms with Crippen LogP contribution in [0.15, 0.2) is 0 Å². The summed E-state index contributed by atoms with van der Waals surface area (Å²) >= 11 is 5.97. The van der Waals surface area contributed by atoms with Crippen LogP contribution in [0.5, 0.6) is 0 Å². The van der Waals surface area contributed by atoms with Gasteiger partial charge in [-0.1, -0.05) is 0 Å². The molecule has 1 fully saturated rings. The van der Waals surface area contributed by atoms with E-state index in [4.69, 9.17) is 11.6 Å². The minimum atomic E-state index is -0.241. The third-order valence-corrected chi connectivity index (χ3v) is 3.75. The third-order valence-electron chi connectivity index (χ3n) is 3.58. The number of halogens is 1. The summed E-state index contributed by atoms with van der Waals surface area (Å²) in [6, 6.07) is 0. The molecule has 92 valence electrons. The lowest BCUT2D eigenvalue weighted by molar-refractivity contribution is 0.154. The van der Waals surface area contributed by atoms with Crippen LogP contribution in [0.4, 0.5) is 5.82 Å². The Labute approximate surface area is 106 Å². The Balaban J connectivity index is 1.96. The quantitative estimate of drug-likeness (QED) is 0.772. The highest BCUT2D eigenvalue weighted by Gasteiger charge is 2.25. The first-order chi connectivity index (χ1) is 8.24. The number of aliphatic hydroxyl groups excluding tert-OH is 1. The van der Waals surface area contributed by atoms with Gasteiger partial charge in [0.2, 0.25) is 5.28 Å². The Hall–Kier alpha value is -0.870. The molecule has 1 aromatic heterocycles. The lowest BCUT2D eigenvalue weighted by atomic mass is 10.1. The van der Waals surface area contributed by atoms with Crippen molar-refractivity contribution in [2.24, 2.45) is 0 Å². The zero-order valence-electron chi connectivity index (χ0n) is 9.69. The van der Waals surface area contributed by atoms with Gasteiger partial charge in [0.1, 0.15) is 5.82 Å². The first-order valence-electron chi connectivity index (χ1n) is 6.22. The lowest BCUT2D eigenvalue weighted by Gasteiger charge is -2.32. The highest BCUT2D eigenvalue weighted by molar-refractivity contribution is 6.28. The largest absolute Gasteiger partial charge is 0.391 e. The summed E-state index contributed by atoms with van der Waals surface area (Å²) in [5.74, 6) is 0.955. The van der Waals surface area contributed by atoms with Crippen LogP contribution in [-0.4, -0.2) is 34.3 Å². The van der Waals surface area contributed by atoms with Crippen molar-refractivity contribution in [1.29, 1.82) is 0 Å². The fourth-order valence-electron chi connectivity index (χ4n) is 2.79. The first-order valence-corrected chi connectivity index (χ1v) is 6.60. The number of aliphatic hydroxyl groups is 1. The van der Waals surface area contributed by atoms with Crippen LogP contribution in [0.25, 0.3) is 0 Å². The summed E-state index contributed by atoms with van der Waals surface area (Å²) in [6.07, 6.45) is 4.83. The van der Waals surface area contributed by atoms with Crippen LogP contribution in [0, 0.1) is 0 Å². The fraction of sp³-hybridized carbons (Fsp3) is 0.667. The smallest absolute Gasteiger partial charge is 0.224 e. The number of nitrogens with zero attached hydrogens (tertiary/aromatic N) is 3. The van der Waals surface area contributed by atoms with E-state index >= 15 is 0 Å². The summed E-state index contributed by atoms with van der Waals surface area (Å²) in [7, 11) is 0. The number of aryl methyl sites for hydroxylation is 1. The van der Waals surface area contributed by atoms with E-state index in [2.05, 4.69) is 14.9 Å². The molecule has 1 unspecified atom stereocenters. The average molecular weight is 254 g/mol. The number of hydrogen-bond acceptors (Lipinski definition) is 4. The van der Waals surface area contributed by atoms with Crippen molar-refractivity contribution in [3.05, 3.63) is 16.5 Å². The maximum absolute atomic E-state index is 9.74. The van der Waals surface area contributed by atoms with Crippen molar-refractivity contribution in [1.82, 2.24) is 9.97 Å². The van der Waals surface area contributed by atoms with Crippen molar-refractivity contribution >= 4 is 17.4 Å². The van der Waals surface area contributed by atoms with E-state index in [1.165, 1.54) is 5.56 Å². The van der Waals surface area contributed by atoms with E-state index in [-0.39, 0.29) is 6.10 Å². The number of aromatic nitrogens is 2. The molecule has 0 radical (unpaired) electrons. The number of hydrogen-bond donors (Lipinski definition) is 1. The molecule has 0 saturated carbocycles. The summed E-state index contributed by atoms with van der Waals surface area (Å²) < 4.78 is 0. The van der Waals surface area contributed by atoms with Crippen LogP contribution in [0.2, 0.25) is 5.28 Å². The Kier molecular flexibility index (Phi) is 2.92. The summed E-state index contributed by atoms with van der Waals surface area (Å²) in [5, 5.41) is 10.1. The molecule has 17 heavy (non-hydrogen) atoms. The number of β-amino-alcohol motifs (C(OH)–C–C–N with tert-alkyl or cyclic N) is 1. The molecular formula is C12H16ClN3O. The van der Waals surface area contributed by atoms with Gasteiger partial charge < -0.3 is 10.0 Å². The van der Waals surface area contributed by atoms with Crippen molar-refractivity contribution in [3.63, 3.8) is 0 Å². The van der Waals surface area contributed by atoms with Gasteiger partial charge in [-0.3, -0.25) is 0 Å². The number of fused-ring (bicyclic) bond motifs is 1. The van der Waals surface area contributed by atoms with E-state index < -0.39 is 0 Å². The molecule has 5 heteroatoms. The topological polar surface area (TPSA) is 49.2 Å². The molecule has 1 N–H and O–H groups in total. The predicted molar refractivity (Wildman–Crippen MR) is 66.5 cm³/mol. The second-order valence-corrected chi connectivity index (χ2v) is 5.18. The van der Waals surface area contributed by atoms with Crippen molar-refractivity contribution < 1.29 is 5.11 Å². The second kappa shape index (κ2) is 4.42. The molecule has 1 aliphatic carbocycles. The predicted octanol–water partition coefficient (Wildman–Crippen LogP) is 1.58. The van der Waals surface area contributed by atoms with Crippen LogP contribution in [0.3, 0.4) is 0 Å². The first kappa shape index (κ1) is 11.2. The summed E-state index contributed by atoms with van der Waals surface area (Å²) in [6.45, 7) is 1.62. The second-order valence-electron chi connectivity index (χ2n) is 4.84. The van der Waals surface area contributed by atoms with Crippen LogP contribution < -0.4 is 4.90 Å². The Bertz CT molecular complexity index is 438. The fourth-order valence-corrected chi connectivity index (χ4v) is 2.97.